The highest BCUT2D eigenvalue weighted by atomic mass is 16.4. The van der Waals surface area contributed by atoms with Gasteiger partial charge in [-0.3, -0.25) is 19.2 Å². The summed E-state index contributed by atoms with van der Waals surface area (Å²) in [7, 11) is 0. The zero-order valence-electron chi connectivity index (χ0n) is 20.2. The van der Waals surface area contributed by atoms with Gasteiger partial charge in [-0.05, 0) is 55.6 Å². The van der Waals surface area contributed by atoms with E-state index in [0.29, 0.717) is 12.8 Å². The maximum atomic E-state index is 13.4. The van der Waals surface area contributed by atoms with Gasteiger partial charge in [0.1, 0.15) is 17.6 Å². The largest absolute Gasteiger partial charge is 0.481 e. The Kier molecular flexibility index (Phi) is 6.14. The normalized spacial score (nSPS) is 43.9. The van der Waals surface area contributed by atoms with Crippen molar-refractivity contribution < 1.29 is 44.7 Å². The molecule has 0 amide bonds. The standard InChI is InChI=1S/C26H34O9/c1-12-8-14-16-5-7-26(35,22(32)21(31)15(23(33)34)10-19(29)30)25(16,3)11-18(28)20(14)24(2)6-4-13(27)9-17(12)24/h4,6,9,12,14-16,18,20-21,28,31,35H,5,7-8,10-11H2,1-3H3,(H,29,30)(H,33,34)/t12?,14-,15?,16-,18-,20+,21?,24-,25-,26-/m0/s1. The first-order valence-electron chi connectivity index (χ1n) is 12.2. The molecule has 10 atom stereocenters. The van der Waals surface area contributed by atoms with Gasteiger partial charge in [0.2, 0.25) is 0 Å². The molecule has 3 saturated carbocycles. The molecule has 0 aromatic heterocycles. The van der Waals surface area contributed by atoms with Gasteiger partial charge >= 0.3 is 11.9 Å². The zero-order chi connectivity index (χ0) is 26.1. The number of aliphatic hydroxyl groups excluding tert-OH is 2. The van der Waals surface area contributed by atoms with Gasteiger partial charge in [0, 0.05) is 16.7 Å². The van der Waals surface area contributed by atoms with Crippen molar-refractivity contribution in [1.82, 2.24) is 0 Å². The fourth-order valence-corrected chi connectivity index (χ4v) is 8.11. The molecule has 35 heavy (non-hydrogen) atoms. The van der Waals surface area contributed by atoms with Crippen molar-refractivity contribution in [2.24, 2.45) is 40.4 Å². The van der Waals surface area contributed by atoms with Crippen molar-refractivity contribution in [3.63, 3.8) is 0 Å². The number of carboxylic acids is 2. The van der Waals surface area contributed by atoms with E-state index in [-0.39, 0.29) is 42.3 Å². The Morgan fingerprint density at radius 3 is 2.46 bits per heavy atom. The van der Waals surface area contributed by atoms with Crippen LogP contribution in [0.3, 0.4) is 0 Å². The summed E-state index contributed by atoms with van der Waals surface area (Å²) in [5.74, 6) is -6.62. The van der Waals surface area contributed by atoms with Crippen LogP contribution in [0.25, 0.3) is 0 Å². The van der Waals surface area contributed by atoms with Gasteiger partial charge in [-0.25, -0.2) is 0 Å². The lowest BCUT2D eigenvalue weighted by Gasteiger charge is -2.61. The summed E-state index contributed by atoms with van der Waals surface area (Å²) in [6.45, 7) is 5.76. The summed E-state index contributed by atoms with van der Waals surface area (Å²) in [6.07, 6.45) is 2.14. The molecule has 192 valence electrons. The molecule has 0 heterocycles. The van der Waals surface area contributed by atoms with E-state index in [2.05, 4.69) is 0 Å². The number of aliphatic hydroxyl groups is 3. The van der Waals surface area contributed by atoms with Crippen molar-refractivity contribution in [2.45, 2.75) is 70.7 Å². The van der Waals surface area contributed by atoms with E-state index in [0.717, 1.165) is 5.57 Å². The molecule has 0 bridgehead atoms. The van der Waals surface area contributed by atoms with Gasteiger partial charge in [0.15, 0.2) is 11.6 Å². The molecule has 4 rings (SSSR count). The number of ketones is 2. The van der Waals surface area contributed by atoms with Crippen LogP contribution in [0, 0.1) is 40.4 Å². The van der Waals surface area contributed by atoms with Gasteiger partial charge in [0.25, 0.3) is 0 Å². The summed E-state index contributed by atoms with van der Waals surface area (Å²) in [6, 6.07) is 0. The lowest BCUT2D eigenvalue weighted by molar-refractivity contribution is -0.187. The smallest absolute Gasteiger partial charge is 0.310 e. The predicted molar refractivity (Wildman–Crippen MR) is 122 cm³/mol. The number of aliphatic carboxylic acids is 2. The third-order valence-electron chi connectivity index (χ3n) is 9.74. The fraction of sp³-hybridized carbons (Fsp3) is 0.692. The van der Waals surface area contributed by atoms with Crippen LogP contribution in [-0.4, -0.2) is 66.8 Å². The van der Waals surface area contributed by atoms with E-state index in [1.54, 1.807) is 13.0 Å². The van der Waals surface area contributed by atoms with Crippen molar-refractivity contribution in [3.8, 4) is 0 Å². The van der Waals surface area contributed by atoms with Crippen LogP contribution in [0.1, 0.15) is 52.9 Å². The van der Waals surface area contributed by atoms with Crippen LogP contribution >= 0.6 is 0 Å². The van der Waals surface area contributed by atoms with Gasteiger partial charge in [0.05, 0.1) is 12.5 Å². The highest BCUT2D eigenvalue weighted by Crippen LogP contribution is 2.68. The molecule has 0 aliphatic heterocycles. The van der Waals surface area contributed by atoms with E-state index in [9.17, 15) is 39.6 Å². The summed E-state index contributed by atoms with van der Waals surface area (Å²) in [5, 5.41) is 52.2. The Labute approximate surface area is 203 Å². The molecule has 0 aromatic rings. The minimum atomic E-state index is -2.19. The van der Waals surface area contributed by atoms with Crippen LogP contribution in [0.15, 0.2) is 23.8 Å². The first kappa shape index (κ1) is 25.7. The first-order chi connectivity index (χ1) is 16.2. The average molecular weight is 491 g/mol. The van der Waals surface area contributed by atoms with Crippen LogP contribution in [0.2, 0.25) is 0 Å². The van der Waals surface area contributed by atoms with Crippen LogP contribution in [0.5, 0.6) is 0 Å². The molecule has 4 aliphatic rings. The Bertz CT molecular complexity index is 1030. The van der Waals surface area contributed by atoms with Crippen molar-refractivity contribution in [3.05, 3.63) is 23.8 Å². The van der Waals surface area contributed by atoms with E-state index in [1.165, 1.54) is 6.08 Å². The van der Waals surface area contributed by atoms with Gasteiger partial charge in [-0.1, -0.05) is 32.4 Å². The number of carbonyl (C=O) groups is 4. The molecule has 0 saturated heterocycles. The number of fused-ring (bicyclic) bond motifs is 5. The van der Waals surface area contributed by atoms with Crippen molar-refractivity contribution in [2.75, 3.05) is 0 Å². The number of allylic oxidation sites excluding steroid dienone is 4. The monoisotopic (exact) mass is 490 g/mol. The molecule has 3 unspecified atom stereocenters. The fourth-order valence-electron chi connectivity index (χ4n) is 8.11. The summed E-state index contributed by atoms with van der Waals surface area (Å²) in [5.41, 5.74) is -2.80. The van der Waals surface area contributed by atoms with E-state index in [4.69, 9.17) is 5.11 Å². The molecule has 0 spiro atoms. The third kappa shape index (κ3) is 3.62. The van der Waals surface area contributed by atoms with Gasteiger partial charge in [-0.2, -0.15) is 0 Å². The Balaban J connectivity index is 1.69. The van der Waals surface area contributed by atoms with Crippen LogP contribution < -0.4 is 0 Å². The molecule has 9 heteroatoms. The number of carboxylic acid groups (broad SMARTS) is 2. The molecule has 4 aliphatic carbocycles. The third-order valence-corrected chi connectivity index (χ3v) is 9.74. The average Bonchev–Trinajstić information content (AvgIpc) is 3.03. The highest BCUT2D eigenvalue weighted by Gasteiger charge is 2.69. The Morgan fingerprint density at radius 1 is 1.20 bits per heavy atom. The number of hydrogen-bond donors (Lipinski definition) is 5. The summed E-state index contributed by atoms with van der Waals surface area (Å²) >= 11 is 0. The second-order valence-corrected chi connectivity index (χ2v) is 11.5. The Morgan fingerprint density at radius 2 is 1.86 bits per heavy atom. The highest BCUT2D eigenvalue weighted by molar-refractivity contribution is 6.01. The number of rotatable bonds is 6. The molecular formula is C26H34O9. The maximum absolute atomic E-state index is 13.4. The van der Waals surface area contributed by atoms with E-state index >= 15 is 0 Å². The van der Waals surface area contributed by atoms with Gasteiger partial charge in [-0.15, -0.1) is 0 Å². The van der Waals surface area contributed by atoms with E-state index < -0.39 is 58.7 Å². The molecule has 5 N–H and O–H groups in total. The quantitative estimate of drug-likeness (QED) is 0.369. The Hall–Kier alpha value is -2.36. The van der Waals surface area contributed by atoms with Gasteiger partial charge < -0.3 is 25.5 Å². The second-order valence-electron chi connectivity index (χ2n) is 11.5. The number of carbonyl (C=O) groups excluding carboxylic acids is 2. The lowest BCUT2D eigenvalue weighted by Crippen LogP contribution is -2.63. The lowest BCUT2D eigenvalue weighted by atomic mass is 9.44. The minimum absolute atomic E-state index is 0.0124. The SMILES string of the molecule is CC1C[C@@H]2[C@H]([C@@H](O)C[C@@]3(C)[C@H]2CC[C@]3(O)C(=O)C(O)C(CC(=O)O)C(=O)O)[C@@]2(C)C=CC(=O)C=C12. The van der Waals surface area contributed by atoms with Crippen molar-refractivity contribution >= 4 is 23.5 Å². The predicted octanol–water partition coefficient (Wildman–Crippen LogP) is 1.35. The molecule has 0 radical (unpaired) electrons. The second kappa shape index (κ2) is 8.35. The van der Waals surface area contributed by atoms with E-state index in [1.807, 2.05) is 19.9 Å². The number of Topliss-reactive ketones (excluding diaryl/α,β-unsaturated/α-hetero) is 1. The maximum Gasteiger partial charge on any atom is 0.310 e. The van der Waals surface area contributed by atoms with Crippen LogP contribution in [-0.2, 0) is 19.2 Å². The van der Waals surface area contributed by atoms with Crippen molar-refractivity contribution in [1.29, 1.82) is 0 Å². The van der Waals surface area contributed by atoms with Crippen LogP contribution in [0.4, 0.5) is 0 Å². The minimum Gasteiger partial charge on any atom is -0.481 e. The molecule has 0 aromatic carbocycles. The molecule has 9 nitrogen and oxygen atoms in total. The summed E-state index contributed by atoms with van der Waals surface area (Å²) in [4.78, 5) is 48.2. The number of hydrogen-bond acceptors (Lipinski definition) is 7. The topological polar surface area (TPSA) is 169 Å². The summed E-state index contributed by atoms with van der Waals surface area (Å²) < 4.78 is 0. The molecular weight excluding hydrogens is 456 g/mol. The molecule has 3 fully saturated rings. The zero-order valence-corrected chi connectivity index (χ0v) is 20.2. The first-order valence-corrected chi connectivity index (χ1v) is 12.2.